The summed E-state index contributed by atoms with van der Waals surface area (Å²) in [5, 5.41) is 12.7. The highest BCUT2D eigenvalue weighted by atomic mass is 16.3. The maximum Gasteiger partial charge on any atom is 0.0791 e. The summed E-state index contributed by atoms with van der Waals surface area (Å²) >= 11 is 0. The van der Waals surface area contributed by atoms with Gasteiger partial charge in [0.1, 0.15) is 0 Å². The van der Waals surface area contributed by atoms with Crippen molar-refractivity contribution in [3.8, 4) is 0 Å². The van der Waals surface area contributed by atoms with Gasteiger partial charge in [-0.15, -0.1) is 0 Å². The third-order valence-electron chi connectivity index (χ3n) is 2.86. The Kier molecular flexibility index (Phi) is 6.15. The van der Waals surface area contributed by atoms with Crippen LogP contribution in [0.4, 0.5) is 0 Å². The van der Waals surface area contributed by atoms with Gasteiger partial charge >= 0.3 is 0 Å². The first-order valence-corrected chi connectivity index (χ1v) is 5.88. The van der Waals surface area contributed by atoms with Crippen molar-refractivity contribution in [2.45, 2.75) is 38.2 Å². The Morgan fingerprint density at radius 1 is 1.14 bits per heavy atom. The Labute approximate surface area is 87.5 Å². The van der Waals surface area contributed by atoms with Crippen molar-refractivity contribution < 1.29 is 5.11 Å². The number of hydrogen-bond acceptors (Lipinski definition) is 3. The van der Waals surface area contributed by atoms with Crippen molar-refractivity contribution in [2.24, 2.45) is 0 Å². The van der Waals surface area contributed by atoms with E-state index in [4.69, 9.17) is 0 Å². The number of likely N-dealkylation sites (N-methyl/N-ethyl adjacent to an activating group) is 1. The number of nitrogens with one attached hydrogen (secondary N) is 1. The van der Waals surface area contributed by atoms with Gasteiger partial charge in [-0.05, 0) is 33.0 Å². The average molecular weight is 200 g/mol. The maximum absolute atomic E-state index is 9.66. The van der Waals surface area contributed by atoms with Gasteiger partial charge in [0.15, 0.2) is 0 Å². The lowest BCUT2D eigenvalue weighted by molar-refractivity contribution is 0.108. The van der Waals surface area contributed by atoms with Crippen LogP contribution in [0.5, 0.6) is 0 Å². The third-order valence-corrected chi connectivity index (χ3v) is 2.86. The molecule has 0 aromatic carbocycles. The minimum atomic E-state index is -0.209. The molecule has 0 saturated carbocycles. The van der Waals surface area contributed by atoms with Crippen LogP contribution in [-0.4, -0.2) is 49.3 Å². The summed E-state index contributed by atoms with van der Waals surface area (Å²) in [5.41, 5.74) is 0. The van der Waals surface area contributed by atoms with E-state index < -0.39 is 0 Å². The van der Waals surface area contributed by atoms with Crippen LogP contribution in [0.2, 0.25) is 0 Å². The highest BCUT2D eigenvalue weighted by Crippen LogP contribution is 2.10. The van der Waals surface area contributed by atoms with E-state index in [2.05, 4.69) is 10.2 Å². The van der Waals surface area contributed by atoms with Gasteiger partial charge in [0.05, 0.1) is 6.10 Å². The molecule has 0 aromatic rings. The van der Waals surface area contributed by atoms with Gasteiger partial charge in [0.25, 0.3) is 0 Å². The smallest absolute Gasteiger partial charge is 0.0791 e. The lowest BCUT2D eigenvalue weighted by atomic mass is 10.1. The Balaban J connectivity index is 2.19. The summed E-state index contributed by atoms with van der Waals surface area (Å²) < 4.78 is 0. The zero-order chi connectivity index (χ0) is 10.2. The molecule has 3 heteroatoms. The van der Waals surface area contributed by atoms with Crippen LogP contribution in [0, 0.1) is 0 Å². The van der Waals surface area contributed by atoms with Gasteiger partial charge in [-0.25, -0.2) is 0 Å². The second kappa shape index (κ2) is 7.21. The first-order valence-electron chi connectivity index (χ1n) is 5.88. The summed E-state index contributed by atoms with van der Waals surface area (Å²) in [7, 11) is 1.89. The number of nitrogens with zero attached hydrogens (tertiary/aromatic N) is 1. The highest BCUT2D eigenvalue weighted by Gasteiger charge is 2.11. The van der Waals surface area contributed by atoms with Crippen LogP contribution in [0.25, 0.3) is 0 Å². The minimum absolute atomic E-state index is 0.209. The Morgan fingerprint density at radius 2 is 1.71 bits per heavy atom. The van der Waals surface area contributed by atoms with Crippen molar-refractivity contribution in [1.29, 1.82) is 0 Å². The standard InChI is InChI=1S/C11H24N2O/c1-12-9-11(14)10-13-7-5-3-2-4-6-8-13/h11-12,14H,2-10H2,1H3. The summed E-state index contributed by atoms with van der Waals surface area (Å²) in [6.45, 7) is 3.87. The zero-order valence-electron chi connectivity index (χ0n) is 9.34. The molecule has 1 rings (SSSR count). The molecule has 0 aliphatic carbocycles. The van der Waals surface area contributed by atoms with Gasteiger partial charge in [0.2, 0.25) is 0 Å². The van der Waals surface area contributed by atoms with Crippen LogP contribution in [0.1, 0.15) is 32.1 Å². The van der Waals surface area contributed by atoms with Crippen molar-refractivity contribution in [1.82, 2.24) is 10.2 Å². The van der Waals surface area contributed by atoms with Gasteiger partial charge in [-0.2, -0.15) is 0 Å². The molecule has 1 atom stereocenters. The van der Waals surface area contributed by atoms with Crippen molar-refractivity contribution >= 4 is 0 Å². The second-order valence-electron chi connectivity index (χ2n) is 4.28. The molecule has 1 unspecified atom stereocenters. The number of rotatable bonds is 4. The molecule has 0 radical (unpaired) electrons. The number of β-amino-alcohol motifs (C(OH)–C–C–N with tert-alkyl or cyclic N) is 1. The van der Waals surface area contributed by atoms with E-state index in [0.29, 0.717) is 6.54 Å². The van der Waals surface area contributed by atoms with E-state index in [0.717, 1.165) is 6.54 Å². The molecule has 0 amide bonds. The molecule has 1 aliphatic rings. The van der Waals surface area contributed by atoms with Gasteiger partial charge < -0.3 is 15.3 Å². The topological polar surface area (TPSA) is 35.5 Å². The highest BCUT2D eigenvalue weighted by molar-refractivity contribution is 4.68. The molecular weight excluding hydrogens is 176 g/mol. The molecule has 3 nitrogen and oxygen atoms in total. The van der Waals surface area contributed by atoms with Crippen molar-refractivity contribution in [3.63, 3.8) is 0 Å². The van der Waals surface area contributed by atoms with Gasteiger partial charge in [0, 0.05) is 13.1 Å². The van der Waals surface area contributed by atoms with Crippen LogP contribution in [0.3, 0.4) is 0 Å². The first kappa shape index (κ1) is 12.0. The molecule has 0 bridgehead atoms. The zero-order valence-corrected chi connectivity index (χ0v) is 9.34. The molecule has 0 spiro atoms. The van der Waals surface area contributed by atoms with E-state index in [1.807, 2.05) is 7.05 Å². The molecule has 1 fully saturated rings. The first-order chi connectivity index (χ1) is 6.83. The lowest BCUT2D eigenvalue weighted by Gasteiger charge is -2.26. The Bertz CT molecular complexity index is 133. The summed E-state index contributed by atoms with van der Waals surface area (Å²) in [6, 6.07) is 0. The molecule has 14 heavy (non-hydrogen) atoms. The summed E-state index contributed by atoms with van der Waals surface area (Å²) in [5.74, 6) is 0. The molecular formula is C11H24N2O. The Morgan fingerprint density at radius 3 is 2.29 bits per heavy atom. The third kappa shape index (κ3) is 4.94. The summed E-state index contributed by atoms with van der Waals surface area (Å²) in [6.07, 6.45) is 6.50. The monoisotopic (exact) mass is 200 g/mol. The number of aliphatic hydroxyl groups is 1. The predicted molar refractivity (Wildman–Crippen MR) is 59.5 cm³/mol. The fourth-order valence-corrected chi connectivity index (χ4v) is 2.09. The van der Waals surface area contributed by atoms with Crippen LogP contribution < -0.4 is 5.32 Å². The predicted octanol–water partition coefficient (Wildman–Crippen LogP) is 0.833. The average Bonchev–Trinajstić information content (AvgIpc) is 2.10. The van der Waals surface area contributed by atoms with Crippen LogP contribution >= 0.6 is 0 Å². The molecule has 0 aromatic heterocycles. The van der Waals surface area contributed by atoms with Gasteiger partial charge in [-0.1, -0.05) is 19.3 Å². The van der Waals surface area contributed by atoms with Crippen molar-refractivity contribution in [2.75, 3.05) is 33.2 Å². The molecule has 1 saturated heterocycles. The van der Waals surface area contributed by atoms with E-state index in [1.54, 1.807) is 0 Å². The summed E-state index contributed by atoms with van der Waals surface area (Å²) in [4.78, 5) is 2.40. The molecule has 2 N–H and O–H groups in total. The fourth-order valence-electron chi connectivity index (χ4n) is 2.09. The van der Waals surface area contributed by atoms with E-state index in [1.165, 1.54) is 45.2 Å². The lowest BCUT2D eigenvalue weighted by Crippen LogP contribution is -2.38. The van der Waals surface area contributed by atoms with Crippen LogP contribution in [-0.2, 0) is 0 Å². The maximum atomic E-state index is 9.66. The van der Waals surface area contributed by atoms with Gasteiger partial charge in [-0.3, -0.25) is 0 Å². The molecule has 1 heterocycles. The van der Waals surface area contributed by atoms with E-state index in [9.17, 15) is 5.11 Å². The quantitative estimate of drug-likeness (QED) is 0.705. The molecule has 1 aliphatic heterocycles. The normalized spacial score (nSPS) is 22.7. The number of hydrogen-bond donors (Lipinski definition) is 2. The SMILES string of the molecule is CNCC(O)CN1CCCCCCC1. The fraction of sp³-hybridized carbons (Fsp3) is 1.00. The second-order valence-corrected chi connectivity index (χ2v) is 4.28. The molecule has 84 valence electrons. The van der Waals surface area contributed by atoms with E-state index in [-0.39, 0.29) is 6.10 Å². The van der Waals surface area contributed by atoms with Crippen LogP contribution in [0.15, 0.2) is 0 Å². The minimum Gasteiger partial charge on any atom is -0.390 e. The van der Waals surface area contributed by atoms with E-state index >= 15 is 0 Å². The largest absolute Gasteiger partial charge is 0.390 e. The number of aliphatic hydroxyl groups excluding tert-OH is 1. The van der Waals surface area contributed by atoms with Crippen molar-refractivity contribution in [3.05, 3.63) is 0 Å². The number of likely N-dealkylation sites (tertiary alicyclic amines) is 1. The Hall–Kier alpha value is -0.120.